The number of hydrogen-bond donors (Lipinski definition) is 0. The van der Waals surface area contributed by atoms with Crippen LogP contribution in [-0.4, -0.2) is 59.6 Å². The molecule has 28 heavy (non-hydrogen) atoms. The molecule has 0 N–H and O–H groups in total. The van der Waals surface area contributed by atoms with Gasteiger partial charge in [0.1, 0.15) is 0 Å². The van der Waals surface area contributed by atoms with E-state index in [0.717, 1.165) is 18.4 Å². The molecule has 5 rings (SSSR count). The fourth-order valence-electron chi connectivity index (χ4n) is 6.41. The highest BCUT2D eigenvalue weighted by molar-refractivity contribution is 5.27. The van der Waals surface area contributed by atoms with Crippen LogP contribution in [0.25, 0.3) is 0 Å². The summed E-state index contributed by atoms with van der Waals surface area (Å²) in [6, 6.07) is 9.64. The predicted octanol–water partition coefficient (Wildman–Crippen LogP) is 4.68. The zero-order valence-electron chi connectivity index (χ0n) is 17.9. The Hall–Kier alpha value is -0.900. The Bertz CT molecular complexity index is 638. The molecule has 3 heterocycles. The van der Waals surface area contributed by atoms with E-state index < -0.39 is 0 Å². The van der Waals surface area contributed by atoms with Gasteiger partial charge in [-0.25, -0.2) is 0 Å². The maximum Gasteiger partial charge on any atom is 0.0709 e. The van der Waals surface area contributed by atoms with Crippen LogP contribution in [-0.2, 0) is 6.54 Å². The van der Waals surface area contributed by atoms with Gasteiger partial charge in [-0.3, -0.25) is 14.7 Å². The largest absolute Gasteiger partial charge is 0.299 e. The zero-order valence-corrected chi connectivity index (χ0v) is 17.9. The topological polar surface area (TPSA) is 9.72 Å². The summed E-state index contributed by atoms with van der Waals surface area (Å²) in [5, 5.41) is 0. The van der Waals surface area contributed by atoms with Crippen molar-refractivity contribution in [1.82, 2.24) is 14.7 Å². The molecule has 1 atom stereocenters. The third-order valence-corrected chi connectivity index (χ3v) is 8.32. The summed E-state index contributed by atoms with van der Waals surface area (Å²) in [4.78, 5) is 8.23. The molecule has 3 aliphatic heterocycles. The quantitative estimate of drug-likeness (QED) is 0.708. The molecule has 154 valence electrons. The lowest BCUT2D eigenvalue weighted by Gasteiger charge is -2.47. The maximum absolute atomic E-state index is 2.85. The van der Waals surface area contributed by atoms with E-state index in [0.29, 0.717) is 5.66 Å². The van der Waals surface area contributed by atoms with E-state index in [9.17, 15) is 0 Å². The van der Waals surface area contributed by atoms with Gasteiger partial charge in [-0.1, -0.05) is 24.3 Å². The Kier molecular flexibility index (Phi) is 5.51. The monoisotopic (exact) mass is 381 g/mol. The third-order valence-electron chi connectivity index (χ3n) is 8.32. The molecule has 1 aliphatic carbocycles. The van der Waals surface area contributed by atoms with Gasteiger partial charge < -0.3 is 0 Å². The van der Waals surface area contributed by atoms with Gasteiger partial charge in [0, 0.05) is 19.6 Å². The minimum atomic E-state index is 0.360. The fourth-order valence-corrected chi connectivity index (χ4v) is 6.41. The van der Waals surface area contributed by atoms with Crippen molar-refractivity contribution in [2.45, 2.75) is 76.4 Å². The van der Waals surface area contributed by atoms with E-state index in [-0.39, 0.29) is 0 Å². The number of hydrogen-bond acceptors (Lipinski definition) is 3. The summed E-state index contributed by atoms with van der Waals surface area (Å²) in [5.74, 6) is 1.72. The average molecular weight is 382 g/mol. The van der Waals surface area contributed by atoms with Crippen LogP contribution in [0.3, 0.4) is 0 Å². The molecular weight excluding hydrogens is 342 g/mol. The smallest absolute Gasteiger partial charge is 0.0709 e. The second-order valence-electron chi connectivity index (χ2n) is 10.2. The molecule has 0 amide bonds. The van der Waals surface area contributed by atoms with Crippen molar-refractivity contribution in [1.29, 1.82) is 0 Å². The summed E-state index contributed by atoms with van der Waals surface area (Å²) in [6.07, 6.45) is 11.1. The van der Waals surface area contributed by atoms with Crippen molar-refractivity contribution in [3.63, 3.8) is 0 Å². The van der Waals surface area contributed by atoms with Crippen LogP contribution in [0.4, 0.5) is 0 Å². The highest BCUT2D eigenvalue weighted by atomic mass is 15.4. The first-order chi connectivity index (χ1) is 13.7. The van der Waals surface area contributed by atoms with E-state index in [1.165, 1.54) is 96.2 Å². The van der Waals surface area contributed by atoms with Crippen molar-refractivity contribution in [3.05, 3.63) is 35.4 Å². The van der Waals surface area contributed by atoms with E-state index >= 15 is 0 Å². The molecule has 0 aromatic heterocycles. The first-order valence-corrected chi connectivity index (χ1v) is 12.0. The molecule has 1 saturated carbocycles. The highest BCUT2D eigenvalue weighted by Crippen LogP contribution is 2.44. The van der Waals surface area contributed by atoms with E-state index in [4.69, 9.17) is 0 Å². The van der Waals surface area contributed by atoms with Crippen molar-refractivity contribution >= 4 is 0 Å². The molecule has 3 saturated heterocycles. The number of benzene rings is 1. The van der Waals surface area contributed by atoms with Gasteiger partial charge in [-0.15, -0.1) is 0 Å². The first kappa shape index (κ1) is 19.1. The molecular formula is C25H39N3. The Morgan fingerprint density at radius 1 is 0.857 bits per heavy atom. The molecule has 4 aliphatic rings. The van der Waals surface area contributed by atoms with Crippen molar-refractivity contribution < 1.29 is 0 Å². The average Bonchev–Trinajstić information content (AvgIpc) is 3.42. The number of rotatable bonds is 6. The van der Waals surface area contributed by atoms with Crippen LogP contribution in [0.5, 0.6) is 0 Å². The summed E-state index contributed by atoms with van der Waals surface area (Å²) in [6.45, 7) is 11.6. The van der Waals surface area contributed by atoms with Crippen molar-refractivity contribution in [2.24, 2.45) is 5.92 Å². The van der Waals surface area contributed by atoms with Crippen LogP contribution in [0.1, 0.15) is 75.3 Å². The molecule has 3 heteroatoms. The molecule has 0 radical (unpaired) electrons. The van der Waals surface area contributed by atoms with E-state index in [1.807, 2.05) is 0 Å². The summed E-state index contributed by atoms with van der Waals surface area (Å²) in [7, 11) is 0. The number of nitrogens with zero attached hydrogens (tertiary/aromatic N) is 3. The molecule has 0 unspecified atom stereocenters. The van der Waals surface area contributed by atoms with Crippen LogP contribution < -0.4 is 0 Å². The molecule has 0 bridgehead atoms. The minimum Gasteiger partial charge on any atom is -0.299 e. The van der Waals surface area contributed by atoms with Crippen molar-refractivity contribution in [2.75, 3.05) is 39.3 Å². The summed E-state index contributed by atoms with van der Waals surface area (Å²) in [5.41, 5.74) is 3.45. The first-order valence-electron chi connectivity index (χ1n) is 12.0. The van der Waals surface area contributed by atoms with Crippen LogP contribution in [0.2, 0.25) is 0 Å². The van der Waals surface area contributed by atoms with Crippen LogP contribution >= 0.6 is 0 Å². The Balaban J connectivity index is 1.12. The predicted molar refractivity (Wildman–Crippen MR) is 116 cm³/mol. The molecule has 3 nitrogen and oxygen atoms in total. The Morgan fingerprint density at radius 2 is 1.54 bits per heavy atom. The summed E-state index contributed by atoms with van der Waals surface area (Å²) < 4.78 is 0. The Labute approximate surface area is 172 Å². The molecule has 4 fully saturated rings. The summed E-state index contributed by atoms with van der Waals surface area (Å²) >= 11 is 0. The van der Waals surface area contributed by atoms with Gasteiger partial charge >= 0.3 is 0 Å². The zero-order chi connectivity index (χ0) is 19.0. The van der Waals surface area contributed by atoms with Crippen LogP contribution in [0, 0.1) is 5.92 Å². The standard InChI is InChI=1S/C25H39N3/c1-25(27-14-4-5-15-27)11-6-16-28(25)20-22-17-24(18-22)23-9-7-21(8-10-23)19-26-12-2-3-13-26/h7-10,22,24H,2-6,11-20H2,1H3/t22-,24-,25-/m0/s1. The van der Waals surface area contributed by atoms with Gasteiger partial charge in [-0.2, -0.15) is 0 Å². The fraction of sp³-hybridized carbons (Fsp3) is 0.760. The lowest BCUT2D eigenvalue weighted by molar-refractivity contribution is -0.0187. The van der Waals surface area contributed by atoms with Crippen molar-refractivity contribution in [3.8, 4) is 0 Å². The second-order valence-corrected chi connectivity index (χ2v) is 10.2. The minimum absolute atomic E-state index is 0.360. The Morgan fingerprint density at radius 3 is 2.25 bits per heavy atom. The van der Waals surface area contributed by atoms with Gasteiger partial charge in [0.15, 0.2) is 0 Å². The van der Waals surface area contributed by atoms with Gasteiger partial charge in [-0.05, 0) is 107 Å². The van der Waals surface area contributed by atoms with E-state index in [2.05, 4.69) is 45.9 Å². The normalized spacial score (nSPS) is 34.9. The molecule has 1 aromatic carbocycles. The lowest BCUT2D eigenvalue weighted by atomic mass is 9.71. The van der Waals surface area contributed by atoms with E-state index in [1.54, 1.807) is 5.56 Å². The third kappa shape index (κ3) is 3.78. The van der Waals surface area contributed by atoms with Gasteiger partial charge in [0.2, 0.25) is 0 Å². The highest BCUT2D eigenvalue weighted by Gasteiger charge is 2.44. The lowest BCUT2D eigenvalue weighted by Crippen LogP contribution is -2.55. The maximum atomic E-state index is 2.85. The number of likely N-dealkylation sites (tertiary alicyclic amines) is 3. The SMILES string of the molecule is C[C@@]1(N2CCCC2)CCCN1C[C@H]1C[C@H](c2ccc(CN3CCCC3)cc2)C1. The van der Waals surface area contributed by atoms with Gasteiger partial charge in [0.25, 0.3) is 0 Å². The van der Waals surface area contributed by atoms with Crippen LogP contribution in [0.15, 0.2) is 24.3 Å². The second kappa shape index (κ2) is 8.08. The van der Waals surface area contributed by atoms with Gasteiger partial charge in [0.05, 0.1) is 5.66 Å². The molecule has 0 spiro atoms. The molecule has 1 aromatic rings.